The minimum Gasteiger partial charge on any atom is -0.309 e. The molecule has 2 heteroatoms. The van der Waals surface area contributed by atoms with Gasteiger partial charge in [0, 0.05) is 11.6 Å². The predicted octanol–water partition coefficient (Wildman–Crippen LogP) is 6.09. The Hall–Kier alpha value is -2.09. The molecule has 2 unspecified atom stereocenters. The fraction of sp³-hybridized carbons (Fsp3) is 0.280. The van der Waals surface area contributed by atoms with Gasteiger partial charge in [0.25, 0.3) is 0 Å². The van der Waals surface area contributed by atoms with E-state index in [1.54, 1.807) is 0 Å². The number of nitrogens with zero attached hydrogens (tertiary/aromatic N) is 1. The van der Waals surface area contributed by atoms with E-state index in [4.69, 9.17) is 11.6 Å². The SMILES string of the molecule is CN(C)CC(Cc1ccccc1)C(Cc1ccccc1)c1ccc(Cl)cc1. The highest BCUT2D eigenvalue weighted by Crippen LogP contribution is 2.32. The van der Waals surface area contributed by atoms with E-state index in [-0.39, 0.29) is 0 Å². The van der Waals surface area contributed by atoms with Crippen LogP contribution in [0.4, 0.5) is 0 Å². The van der Waals surface area contributed by atoms with Crippen molar-refractivity contribution in [2.75, 3.05) is 20.6 Å². The number of hydrogen-bond donors (Lipinski definition) is 0. The van der Waals surface area contributed by atoms with Crippen LogP contribution >= 0.6 is 11.6 Å². The number of halogens is 1. The number of hydrogen-bond acceptors (Lipinski definition) is 1. The van der Waals surface area contributed by atoms with Crippen LogP contribution in [0.1, 0.15) is 22.6 Å². The van der Waals surface area contributed by atoms with Crippen LogP contribution in [-0.4, -0.2) is 25.5 Å². The molecule has 3 rings (SSSR count). The summed E-state index contributed by atoms with van der Waals surface area (Å²) in [5.74, 6) is 0.955. The molecule has 0 radical (unpaired) electrons. The summed E-state index contributed by atoms with van der Waals surface area (Å²) < 4.78 is 0. The Balaban J connectivity index is 1.94. The molecule has 2 atom stereocenters. The van der Waals surface area contributed by atoms with Crippen LogP contribution < -0.4 is 0 Å². The minimum absolute atomic E-state index is 0.437. The molecule has 0 N–H and O–H groups in total. The molecule has 3 aromatic carbocycles. The number of benzene rings is 3. The zero-order valence-corrected chi connectivity index (χ0v) is 16.9. The van der Waals surface area contributed by atoms with E-state index in [2.05, 4.69) is 91.8 Å². The fourth-order valence-electron chi connectivity index (χ4n) is 3.85. The Bertz CT molecular complexity index is 797. The lowest BCUT2D eigenvalue weighted by Gasteiger charge is -2.30. The zero-order chi connectivity index (χ0) is 19.1. The van der Waals surface area contributed by atoms with Gasteiger partial charge in [-0.1, -0.05) is 84.4 Å². The molecule has 0 saturated carbocycles. The first-order valence-corrected chi connectivity index (χ1v) is 9.97. The third-order valence-corrected chi connectivity index (χ3v) is 5.36. The molecule has 0 aliphatic carbocycles. The molecule has 0 saturated heterocycles. The Kier molecular flexibility index (Phi) is 7.09. The van der Waals surface area contributed by atoms with Crippen molar-refractivity contribution in [3.8, 4) is 0 Å². The molecule has 0 spiro atoms. The van der Waals surface area contributed by atoms with E-state index in [1.165, 1.54) is 16.7 Å². The highest BCUT2D eigenvalue weighted by molar-refractivity contribution is 6.30. The van der Waals surface area contributed by atoms with Gasteiger partial charge in [-0.05, 0) is 67.6 Å². The van der Waals surface area contributed by atoms with Crippen LogP contribution in [0, 0.1) is 5.92 Å². The highest BCUT2D eigenvalue weighted by atomic mass is 35.5. The van der Waals surface area contributed by atoms with E-state index < -0.39 is 0 Å². The first-order valence-electron chi connectivity index (χ1n) is 9.60. The molecule has 0 aliphatic rings. The number of rotatable bonds is 8. The van der Waals surface area contributed by atoms with Crippen molar-refractivity contribution in [1.82, 2.24) is 4.90 Å². The topological polar surface area (TPSA) is 3.24 Å². The van der Waals surface area contributed by atoms with Crippen LogP contribution in [0.2, 0.25) is 5.02 Å². The summed E-state index contributed by atoms with van der Waals surface area (Å²) in [5.41, 5.74) is 4.15. The lowest BCUT2D eigenvalue weighted by Crippen LogP contribution is -2.29. The van der Waals surface area contributed by atoms with Gasteiger partial charge in [-0.15, -0.1) is 0 Å². The summed E-state index contributed by atoms with van der Waals surface area (Å²) in [6.45, 7) is 1.05. The highest BCUT2D eigenvalue weighted by Gasteiger charge is 2.24. The van der Waals surface area contributed by atoms with Gasteiger partial charge in [-0.25, -0.2) is 0 Å². The predicted molar refractivity (Wildman–Crippen MR) is 117 cm³/mol. The van der Waals surface area contributed by atoms with Gasteiger partial charge in [0.1, 0.15) is 0 Å². The smallest absolute Gasteiger partial charge is 0.0406 e. The maximum atomic E-state index is 6.16. The molecule has 0 fully saturated rings. The second-order valence-electron chi connectivity index (χ2n) is 7.56. The van der Waals surface area contributed by atoms with Crippen molar-refractivity contribution in [1.29, 1.82) is 0 Å². The van der Waals surface area contributed by atoms with Gasteiger partial charge in [-0.2, -0.15) is 0 Å². The van der Waals surface area contributed by atoms with E-state index in [0.717, 1.165) is 24.4 Å². The summed E-state index contributed by atoms with van der Waals surface area (Å²) in [6.07, 6.45) is 2.10. The van der Waals surface area contributed by atoms with Crippen molar-refractivity contribution < 1.29 is 0 Å². The Morgan fingerprint density at radius 1 is 0.704 bits per heavy atom. The summed E-state index contributed by atoms with van der Waals surface area (Å²) in [7, 11) is 4.33. The molecule has 140 valence electrons. The van der Waals surface area contributed by atoms with Gasteiger partial charge in [0.2, 0.25) is 0 Å². The minimum atomic E-state index is 0.437. The Labute approximate surface area is 168 Å². The van der Waals surface area contributed by atoms with Crippen molar-refractivity contribution in [3.63, 3.8) is 0 Å². The average molecular weight is 378 g/mol. The molecular formula is C25H28ClN. The first-order chi connectivity index (χ1) is 13.1. The lowest BCUT2D eigenvalue weighted by molar-refractivity contribution is 0.285. The van der Waals surface area contributed by atoms with Crippen molar-refractivity contribution >= 4 is 11.6 Å². The summed E-state index contributed by atoms with van der Waals surface area (Å²) in [6, 6.07) is 30.1. The van der Waals surface area contributed by atoms with Crippen LogP contribution in [0.15, 0.2) is 84.9 Å². The van der Waals surface area contributed by atoms with Gasteiger partial charge < -0.3 is 4.90 Å². The maximum Gasteiger partial charge on any atom is 0.0406 e. The third kappa shape index (κ3) is 5.95. The van der Waals surface area contributed by atoms with Gasteiger partial charge in [0.15, 0.2) is 0 Å². The van der Waals surface area contributed by atoms with Crippen LogP contribution in [0.25, 0.3) is 0 Å². The largest absolute Gasteiger partial charge is 0.309 e. The molecule has 1 nitrogen and oxygen atoms in total. The van der Waals surface area contributed by atoms with Crippen LogP contribution in [-0.2, 0) is 12.8 Å². The Morgan fingerprint density at radius 3 is 1.74 bits per heavy atom. The molecule has 0 aromatic heterocycles. The second-order valence-corrected chi connectivity index (χ2v) is 8.00. The fourth-order valence-corrected chi connectivity index (χ4v) is 3.98. The van der Waals surface area contributed by atoms with E-state index in [9.17, 15) is 0 Å². The van der Waals surface area contributed by atoms with E-state index in [0.29, 0.717) is 11.8 Å². The second kappa shape index (κ2) is 9.73. The Morgan fingerprint density at radius 2 is 1.22 bits per heavy atom. The van der Waals surface area contributed by atoms with Crippen LogP contribution in [0.3, 0.4) is 0 Å². The molecule has 0 bridgehead atoms. The lowest BCUT2D eigenvalue weighted by atomic mass is 9.78. The third-order valence-electron chi connectivity index (χ3n) is 5.11. The summed E-state index contributed by atoms with van der Waals surface area (Å²) >= 11 is 6.16. The standard InChI is InChI=1S/C25H28ClN/c1-27(2)19-23(17-20-9-5-3-6-10-20)25(18-21-11-7-4-8-12-21)22-13-15-24(26)16-14-22/h3-16,23,25H,17-19H2,1-2H3. The summed E-state index contributed by atoms with van der Waals surface area (Å²) in [5, 5.41) is 0.796. The quantitative estimate of drug-likeness (QED) is 0.459. The van der Waals surface area contributed by atoms with Gasteiger partial charge in [0.05, 0.1) is 0 Å². The van der Waals surface area contributed by atoms with Gasteiger partial charge >= 0.3 is 0 Å². The normalized spacial score (nSPS) is 13.5. The molecule has 27 heavy (non-hydrogen) atoms. The van der Waals surface area contributed by atoms with Gasteiger partial charge in [-0.3, -0.25) is 0 Å². The first kappa shape index (κ1) is 19.7. The molecule has 0 heterocycles. The monoisotopic (exact) mass is 377 g/mol. The zero-order valence-electron chi connectivity index (χ0n) is 16.2. The molecular weight excluding hydrogens is 350 g/mol. The molecule has 0 amide bonds. The summed E-state index contributed by atoms with van der Waals surface area (Å²) in [4.78, 5) is 2.31. The maximum absolute atomic E-state index is 6.16. The van der Waals surface area contributed by atoms with Crippen molar-refractivity contribution in [3.05, 3.63) is 107 Å². The van der Waals surface area contributed by atoms with Crippen molar-refractivity contribution in [2.24, 2.45) is 5.92 Å². The average Bonchev–Trinajstić information content (AvgIpc) is 2.68. The molecule has 0 aliphatic heterocycles. The van der Waals surface area contributed by atoms with E-state index >= 15 is 0 Å². The molecule has 3 aromatic rings. The van der Waals surface area contributed by atoms with Crippen LogP contribution in [0.5, 0.6) is 0 Å². The van der Waals surface area contributed by atoms with Crippen molar-refractivity contribution in [2.45, 2.75) is 18.8 Å². The van der Waals surface area contributed by atoms with E-state index in [1.807, 2.05) is 12.1 Å².